The minimum atomic E-state index is -2.98. The topological polar surface area (TPSA) is 102 Å². The number of aromatic nitrogens is 6. The van der Waals surface area contributed by atoms with Gasteiger partial charge in [0, 0.05) is 48.4 Å². The maximum absolute atomic E-state index is 14.6. The molecule has 1 N–H and O–H groups in total. The van der Waals surface area contributed by atoms with Crippen molar-refractivity contribution in [1.82, 2.24) is 29.7 Å². The van der Waals surface area contributed by atoms with E-state index in [1.165, 1.54) is 6.20 Å². The Hall–Kier alpha value is -4.06. The Kier molecular flexibility index (Phi) is 6.74. The van der Waals surface area contributed by atoms with Crippen LogP contribution in [0.3, 0.4) is 0 Å². The van der Waals surface area contributed by atoms with Crippen LogP contribution in [-0.4, -0.2) is 48.7 Å². The molecule has 1 fully saturated rings. The van der Waals surface area contributed by atoms with Gasteiger partial charge in [-0.1, -0.05) is 17.7 Å². The molecule has 1 aromatic carbocycles. The van der Waals surface area contributed by atoms with Gasteiger partial charge in [0.2, 0.25) is 5.95 Å². The number of rotatable bonds is 7. The smallest absolute Gasteiger partial charge is 0.275 e. The number of amides is 1. The molecular formula is C24H20ClF3N8O. The number of hydrogen-bond donors (Lipinski definition) is 1. The van der Waals surface area contributed by atoms with Gasteiger partial charge in [-0.25, -0.2) is 28.1 Å². The number of carbonyl (C=O) groups is 1. The van der Waals surface area contributed by atoms with Gasteiger partial charge in [-0.2, -0.15) is 5.10 Å². The summed E-state index contributed by atoms with van der Waals surface area (Å²) in [5.41, 5.74) is -0.354. The molecule has 4 aromatic rings. The monoisotopic (exact) mass is 528 g/mol. The molecule has 1 atom stereocenters. The van der Waals surface area contributed by atoms with E-state index >= 15 is 0 Å². The van der Waals surface area contributed by atoms with E-state index in [1.54, 1.807) is 23.3 Å². The number of nitrogens with one attached hydrogen (secondary N) is 1. The Morgan fingerprint density at radius 2 is 1.86 bits per heavy atom. The van der Waals surface area contributed by atoms with Gasteiger partial charge in [0.25, 0.3) is 12.3 Å². The second kappa shape index (κ2) is 10.1. The van der Waals surface area contributed by atoms with E-state index in [0.717, 1.165) is 49.6 Å². The van der Waals surface area contributed by atoms with Crippen LogP contribution < -0.4 is 10.2 Å². The van der Waals surface area contributed by atoms with Crippen molar-refractivity contribution < 1.29 is 18.0 Å². The molecule has 0 radical (unpaired) electrons. The van der Waals surface area contributed by atoms with Crippen LogP contribution in [0.5, 0.6) is 0 Å². The summed E-state index contributed by atoms with van der Waals surface area (Å²) < 4.78 is 43.2. The van der Waals surface area contributed by atoms with Crippen LogP contribution in [0.1, 0.15) is 47.4 Å². The highest BCUT2D eigenvalue weighted by Crippen LogP contribution is 2.35. The van der Waals surface area contributed by atoms with Crippen molar-refractivity contribution in [3.63, 3.8) is 0 Å². The maximum Gasteiger partial charge on any atom is 0.275 e. The molecule has 4 heterocycles. The van der Waals surface area contributed by atoms with Crippen molar-refractivity contribution in [2.24, 2.45) is 0 Å². The summed E-state index contributed by atoms with van der Waals surface area (Å²) in [6.45, 7) is 3.81. The van der Waals surface area contributed by atoms with Gasteiger partial charge in [0.15, 0.2) is 5.82 Å². The van der Waals surface area contributed by atoms with Crippen molar-refractivity contribution >= 4 is 29.1 Å². The fourth-order valence-electron chi connectivity index (χ4n) is 3.79. The van der Waals surface area contributed by atoms with E-state index in [4.69, 9.17) is 11.6 Å². The molecule has 0 saturated carbocycles. The zero-order valence-corrected chi connectivity index (χ0v) is 20.2. The largest absolute Gasteiger partial charge is 0.341 e. The van der Waals surface area contributed by atoms with Crippen LogP contribution in [0.2, 0.25) is 5.02 Å². The number of hydrogen-bond acceptors (Lipinski definition) is 7. The molecule has 0 spiro atoms. The number of carbonyl (C=O) groups excluding carboxylic acids is 1. The van der Waals surface area contributed by atoms with E-state index in [-0.39, 0.29) is 22.5 Å². The average molecular weight is 529 g/mol. The molecule has 0 unspecified atom stereocenters. The van der Waals surface area contributed by atoms with Gasteiger partial charge in [-0.05, 0) is 19.4 Å². The minimum Gasteiger partial charge on any atom is -0.341 e. The van der Waals surface area contributed by atoms with E-state index in [1.807, 2.05) is 6.92 Å². The van der Waals surface area contributed by atoms with Gasteiger partial charge in [-0.3, -0.25) is 14.5 Å². The lowest BCUT2D eigenvalue weighted by Crippen LogP contribution is -2.38. The van der Waals surface area contributed by atoms with E-state index in [2.05, 4.69) is 35.3 Å². The van der Waals surface area contributed by atoms with Gasteiger partial charge in [0.1, 0.15) is 5.69 Å². The van der Waals surface area contributed by atoms with Gasteiger partial charge >= 0.3 is 0 Å². The summed E-state index contributed by atoms with van der Waals surface area (Å²) in [6, 6.07) is 1.84. The van der Waals surface area contributed by atoms with Crippen LogP contribution in [0.15, 0.2) is 49.3 Å². The zero-order valence-electron chi connectivity index (χ0n) is 19.4. The molecule has 1 amide bonds. The van der Waals surface area contributed by atoms with Crippen molar-refractivity contribution in [2.75, 3.05) is 23.3 Å². The highest BCUT2D eigenvalue weighted by molar-refractivity contribution is 6.31. The number of benzene rings is 1. The first-order valence-corrected chi connectivity index (χ1v) is 11.7. The van der Waals surface area contributed by atoms with Crippen LogP contribution in [-0.2, 0) is 0 Å². The summed E-state index contributed by atoms with van der Waals surface area (Å²) in [4.78, 5) is 31.7. The van der Waals surface area contributed by atoms with Crippen molar-refractivity contribution in [3.05, 3.63) is 77.0 Å². The fourth-order valence-corrected chi connectivity index (χ4v) is 3.95. The molecule has 9 nitrogen and oxygen atoms in total. The number of alkyl halides is 2. The van der Waals surface area contributed by atoms with Crippen LogP contribution >= 0.6 is 11.6 Å². The number of halogens is 4. The first-order chi connectivity index (χ1) is 17.8. The second-order valence-electron chi connectivity index (χ2n) is 8.41. The van der Waals surface area contributed by atoms with Crippen molar-refractivity contribution in [1.29, 1.82) is 0 Å². The summed E-state index contributed by atoms with van der Waals surface area (Å²) in [5, 5.41) is 6.58. The molecular weight excluding hydrogens is 509 g/mol. The fraction of sp³-hybridized carbons (Fsp3) is 0.250. The second-order valence-corrected chi connectivity index (χ2v) is 8.82. The Morgan fingerprint density at radius 3 is 2.54 bits per heavy atom. The summed E-state index contributed by atoms with van der Waals surface area (Å²) in [6.07, 6.45) is 6.95. The third-order valence-corrected chi connectivity index (χ3v) is 6.31. The Balaban J connectivity index is 1.32. The molecule has 0 aliphatic carbocycles. The Bertz CT molecular complexity index is 1440. The predicted octanol–water partition coefficient (Wildman–Crippen LogP) is 4.93. The standard InChI is InChI=1S/C24H20ClF3N8O/c1-13(14-7-30-24(31-8-14)35-5-2-6-35)36-12-15(9-32-36)33-23(37)19-11-29-10-18(34-19)20-16(22(27)28)3-4-17(25)21(20)26/h3-4,7-13,22H,2,5-6H2,1H3,(H,33,37)/t13-/m1/s1. The molecule has 13 heteroatoms. The highest BCUT2D eigenvalue weighted by Gasteiger charge is 2.23. The van der Waals surface area contributed by atoms with Crippen molar-refractivity contribution in [3.8, 4) is 11.3 Å². The molecule has 0 bridgehead atoms. The van der Waals surface area contributed by atoms with Crippen LogP contribution in [0.25, 0.3) is 11.3 Å². The lowest BCUT2D eigenvalue weighted by atomic mass is 10.0. The van der Waals surface area contributed by atoms with Gasteiger partial charge < -0.3 is 10.2 Å². The molecule has 1 aliphatic rings. The highest BCUT2D eigenvalue weighted by atomic mass is 35.5. The predicted molar refractivity (Wildman–Crippen MR) is 130 cm³/mol. The average Bonchev–Trinajstić information content (AvgIpc) is 3.33. The van der Waals surface area contributed by atoms with Crippen molar-refractivity contribution in [2.45, 2.75) is 25.8 Å². The number of nitrogens with zero attached hydrogens (tertiary/aromatic N) is 7. The van der Waals surface area contributed by atoms with Gasteiger partial charge in [0.05, 0.1) is 41.0 Å². The van der Waals surface area contributed by atoms with Crippen LogP contribution in [0.4, 0.5) is 24.8 Å². The van der Waals surface area contributed by atoms with Crippen LogP contribution in [0, 0.1) is 5.82 Å². The molecule has 1 aliphatic heterocycles. The third kappa shape index (κ3) is 4.96. The lowest BCUT2D eigenvalue weighted by Gasteiger charge is -2.30. The SMILES string of the molecule is C[C@H](c1cnc(N2CCC2)nc1)n1cc(NC(=O)c2cncc(-c3c(C(F)F)ccc(Cl)c3F)n2)cn1. The molecule has 37 heavy (non-hydrogen) atoms. The first kappa shape index (κ1) is 24.6. The molecule has 3 aromatic heterocycles. The molecule has 1 saturated heterocycles. The Morgan fingerprint density at radius 1 is 1.11 bits per heavy atom. The maximum atomic E-state index is 14.6. The summed E-state index contributed by atoms with van der Waals surface area (Å²) in [5.74, 6) is -1.05. The third-order valence-electron chi connectivity index (χ3n) is 6.02. The zero-order chi connectivity index (χ0) is 26.1. The van der Waals surface area contributed by atoms with Gasteiger partial charge in [-0.15, -0.1) is 0 Å². The van der Waals surface area contributed by atoms with E-state index < -0.39 is 29.3 Å². The minimum absolute atomic E-state index is 0.201. The summed E-state index contributed by atoms with van der Waals surface area (Å²) in [7, 11) is 0. The normalized spacial score (nSPS) is 13.9. The molecule has 5 rings (SSSR count). The quantitative estimate of drug-likeness (QED) is 0.363. The summed E-state index contributed by atoms with van der Waals surface area (Å²) >= 11 is 5.79. The Labute approximate surface area is 214 Å². The van der Waals surface area contributed by atoms with E-state index in [9.17, 15) is 18.0 Å². The first-order valence-electron chi connectivity index (χ1n) is 11.3. The van der Waals surface area contributed by atoms with E-state index in [0.29, 0.717) is 11.6 Å². The number of anilines is 2. The lowest BCUT2D eigenvalue weighted by molar-refractivity contribution is 0.102. The molecule has 190 valence electrons.